The van der Waals surface area contributed by atoms with Crippen LogP contribution in [0, 0.1) is 5.82 Å². The molecule has 0 aliphatic carbocycles. The number of carbonyl (C=O) groups excluding carboxylic acids is 1. The second-order valence-corrected chi connectivity index (χ2v) is 10.3. The fourth-order valence-corrected chi connectivity index (χ4v) is 5.73. The van der Waals surface area contributed by atoms with Crippen molar-refractivity contribution in [2.45, 2.75) is 55.8 Å². The van der Waals surface area contributed by atoms with Gasteiger partial charge in [0, 0.05) is 31.6 Å². The van der Waals surface area contributed by atoms with Gasteiger partial charge in [0.05, 0.1) is 22.8 Å². The molecular weight excluding hydrogens is 460 g/mol. The highest BCUT2D eigenvalue weighted by Crippen LogP contribution is 2.47. The van der Waals surface area contributed by atoms with Crippen LogP contribution in [-0.4, -0.2) is 61.9 Å². The van der Waals surface area contributed by atoms with Gasteiger partial charge < -0.3 is 19.1 Å². The van der Waals surface area contributed by atoms with Crippen LogP contribution in [0.25, 0.3) is 10.9 Å². The van der Waals surface area contributed by atoms with E-state index < -0.39 is 29.3 Å². The van der Waals surface area contributed by atoms with Crippen molar-refractivity contribution in [1.29, 1.82) is 0 Å². The van der Waals surface area contributed by atoms with Crippen molar-refractivity contribution < 1.29 is 18.3 Å². The number of hydrogen-bond donors (Lipinski definition) is 0. The number of hydrogen-bond acceptors (Lipinski definition) is 6. The highest BCUT2D eigenvalue weighted by Gasteiger charge is 2.36. The number of halogens is 2. The zero-order valence-electron chi connectivity index (χ0n) is 19.9. The van der Waals surface area contributed by atoms with Gasteiger partial charge in [-0.15, -0.1) is 0 Å². The van der Waals surface area contributed by atoms with E-state index in [2.05, 4.69) is 11.8 Å². The van der Waals surface area contributed by atoms with Crippen LogP contribution in [0.15, 0.2) is 22.0 Å². The van der Waals surface area contributed by atoms with Crippen molar-refractivity contribution in [1.82, 2.24) is 9.47 Å². The van der Waals surface area contributed by atoms with Gasteiger partial charge in [-0.1, -0.05) is 50.8 Å². The van der Waals surface area contributed by atoms with Gasteiger partial charge in [0.15, 0.2) is 0 Å². The maximum Gasteiger partial charge on any atom is 0.344 e. The quantitative estimate of drug-likeness (QED) is 0.344. The fourth-order valence-electron chi connectivity index (χ4n) is 4.62. The van der Waals surface area contributed by atoms with Crippen molar-refractivity contribution in [3.8, 4) is 0 Å². The Morgan fingerprint density at radius 2 is 1.82 bits per heavy atom. The molecular formula is C25H33F2N3O3S. The normalized spacial score (nSPS) is 18.1. The Hall–Kier alpha value is -2.13. The monoisotopic (exact) mass is 493 g/mol. The summed E-state index contributed by atoms with van der Waals surface area (Å²) in [5, 5.41) is -0.0533. The van der Waals surface area contributed by atoms with Crippen LogP contribution in [0.5, 0.6) is 0 Å². The Balaban J connectivity index is 1.60. The molecule has 1 aromatic carbocycles. The average Bonchev–Trinajstić information content (AvgIpc) is 2.81. The predicted molar refractivity (Wildman–Crippen MR) is 132 cm³/mol. The number of nitrogens with zero attached hydrogens (tertiary/aromatic N) is 3. The van der Waals surface area contributed by atoms with E-state index in [4.69, 9.17) is 4.74 Å². The zero-order valence-corrected chi connectivity index (χ0v) is 20.8. The van der Waals surface area contributed by atoms with Crippen LogP contribution in [0.3, 0.4) is 0 Å². The van der Waals surface area contributed by atoms with Crippen molar-refractivity contribution in [3.63, 3.8) is 0 Å². The lowest BCUT2D eigenvalue weighted by molar-refractivity contribution is 0.0489. The third kappa shape index (κ3) is 4.96. The molecule has 2 aromatic rings. The van der Waals surface area contributed by atoms with E-state index in [1.807, 2.05) is 11.9 Å². The standard InChI is InChI=1S/C25H33F2N3O3S/c1-3-4-5-6-7-8-13-33-25(32)22-23(31)17-14-18(27)20(29-11-9-28(2)10-12-29)15-19(17)30-21(16-26)34-24(22)30/h14-15,21H,3-13,16H2,1-2H3. The van der Waals surface area contributed by atoms with Gasteiger partial charge in [0.25, 0.3) is 0 Å². The highest BCUT2D eigenvalue weighted by atomic mass is 32.2. The summed E-state index contributed by atoms with van der Waals surface area (Å²) in [4.78, 5) is 30.2. The molecule has 0 bridgehead atoms. The number of benzene rings is 1. The van der Waals surface area contributed by atoms with Gasteiger partial charge in [-0.25, -0.2) is 13.6 Å². The zero-order chi connectivity index (χ0) is 24.2. The number of piperazine rings is 1. The first-order valence-electron chi connectivity index (χ1n) is 12.2. The summed E-state index contributed by atoms with van der Waals surface area (Å²) in [7, 11) is 2.02. The molecule has 0 radical (unpaired) electrons. The summed E-state index contributed by atoms with van der Waals surface area (Å²) < 4.78 is 35.9. The van der Waals surface area contributed by atoms with Crippen LogP contribution in [0.1, 0.15) is 61.2 Å². The molecule has 1 saturated heterocycles. The predicted octanol–water partition coefficient (Wildman–Crippen LogP) is 4.98. The Morgan fingerprint density at radius 1 is 1.12 bits per heavy atom. The smallest absolute Gasteiger partial charge is 0.344 e. The van der Waals surface area contributed by atoms with E-state index >= 15 is 4.39 Å². The van der Waals surface area contributed by atoms with Crippen LogP contribution in [-0.2, 0) is 4.74 Å². The first kappa shape index (κ1) is 25.0. The van der Waals surface area contributed by atoms with Gasteiger partial charge in [-0.3, -0.25) is 4.79 Å². The van der Waals surface area contributed by atoms with E-state index in [1.54, 1.807) is 10.6 Å². The summed E-state index contributed by atoms with van der Waals surface area (Å²) in [6, 6.07) is 2.83. The molecule has 0 amide bonds. The van der Waals surface area contributed by atoms with Crippen molar-refractivity contribution in [2.24, 2.45) is 0 Å². The number of aromatic nitrogens is 1. The van der Waals surface area contributed by atoms with E-state index in [0.717, 1.165) is 50.5 Å². The Bertz CT molecular complexity index is 1100. The molecule has 2 aliphatic rings. The molecule has 186 valence electrons. The number of pyridine rings is 1. The first-order valence-corrected chi connectivity index (χ1v) is 13.1. The van der Waals surface area contributed by atoms with Gasteiger partial charge in [0.2, 0.25) is 5.43 Å². The SMILES string of the molecule is CCCCCCCCOC(=O)c1c2n(c3cc(N4CCN(C)CC4)c(F)cc3c1=O)C(CF)S2. The van der Waals surface area contributed by atoms with Gasteiger partial charge in [0.1, 0.15) is 23.4 Å². The fraction of sp³-hybridized carbons (Fsp3) is 0.600. The summed E-state index contributed by atoms with van der Waals surface area (Å²) in [5.74, 6) is -1.22. The van der Waals surface area contributed by atoms with Crippen LogP contribution in [0.2, 0.25) is 0 Å². The number of ether oxygens (including phenoxy) is 1. The minimum Gasteiger partial charge on any atom is -0.462 e. The lowest BCUT2D eigenvalue weighted by Gasteiger charge is -2.36. The Morgan fingerprint density at radius 3 is 2.53 bits per heavy atom. The molecule has 0 N–H and O–H groups in total. The lowest BCUT2D eigenvalue weighted by atomic mass is 10.1. The van der Waals surface area contributed by atoms with Crippen LogP contribution in [0.4, 0.5) is 14.5 Å². The van der Waals surface area contributed by atoms with Crippen LogP contribution >= 0.6 is 11.8 Å². The summed E-state index contributed by atoms with van der Waals surface area (Å²) in [6.07, 6.45) is 6.30. The van der Waals surface area contributed by atoms with Gasteiger partial charge in [-0.2, -0.15) is 0 Å². The van der Waals surface area contributed by atoms with Crippen molar-refractivity contribution >= 4 is 34.3 Å². The first-order chi connectivity index (χ1) is 16.5. The molecule has 1 aromatic heterocycles. The number of rotatable bonds is 10. The largest absolute Gasteiger partial charge is 0.462 e. The molecule has 0 spiro atoms. The molecule has 2 aliphatic heterocycles. The molecule has 3 heterocycles. The summed E-state index contributed by atoms with van der Waals surface area (Å²) in [6.45, 7) is 4.69. The Kier molecular flexibility index (Phi) is 8.14. The van der Waals surface area contributed by atoms with Gasteiger partial charge in [-0.05, 0) is 25.6 Å². The van der Waals surface area contributed by atoms with Crippen molar-refractivity contribution in [2.75, 3.05) is 51.4 Å². The number of fused-ring (bicyclic) bond motifs is 3. The molecule has 6 nitrogen and oxygen atoms in total. The summed E-state index contributed by atoms with van der Waals surface area (Å²) in [5.41, 5.74) is 0.203. The Labute approximate surface area is 203 Å². The second kappa shape index (κ2) is 11.1. The van der Waals surface area contributed by atoms with E-state index in [9.17, 15) is 14.0 Å². The summed E-state index contributed by atoms with van der Waals surface area (Å²) >= 11 is 1.15. The highest BCUT2D eigenvalue weighted by molar-refractivity contribution is 8.00. The van der Waals surface area contributed by atoms with E-state index in [0.29, 0.717) is 29.3 Å². The van der Waals surface area contributed by atoms with Crippen LogP contribution < -0.4 is 10.3 Å². The number of thioether (sulfide) groups is 1. The minimum atomic E-state index is -0.711. The molecule has 0 saturated carbocycles. The number of unbranched alkanes of at least 4 members (excludes halogenated alkanes) is 5. The molecule has 1 atom stereocenters. The number of likely N-dealkylation sites (N-methyl/N-ethyl adjacent to an activating group) is 1. The number of anilines is 1. The maximum absolute atomic E-state index is 15.1. The van der Waals surface area contributed by atoms with Crippen molar-refractivity contribution in [3.05, 3.63) is 33.7 Å². The molecule has 4 rings (SSSR count). The molecule has 9 heteroatoms. The lowest BCUT2D eigenvalue weighted by Crippen LogP contribution is -2.44. The third-order valence-corrected chi connectivity index (χ3v) is 7.91. The minimum absolute atomic E-state index is 0.0874. The van der Waals surface area contributed by atoms with Gasteiger partial charge >= 0.3 is 5.97 Å². The maximum atomic E-state index is 15.1. The van der Waals surface area contributed by atoms with E-state index in [1.165, 1.54) is 18.9 Å². The molecule has 1 unspecified atom stereocenters. The topological polar surface area (TPSA) is 54.8 Å². The molecule has 34 heavy (non-hydrogen) atoms. The number of esters is 1. The second-order valence-electron chi connectivity index (χ2n) is 9.12. The third-order valence-electron chi connectivity index (χ3n) is 6.68. The number of alkyl halides is 1. The number of carbonyl (C=O) groups is 1. The average molecular weight is 494 g/mol. The molecule has 1 fully saturated rings. The van der Waals surface area contributed by atoms with E-state index in [-0.39, 0.29) is 17.6 Å².